The Kier molecular flexibility index (Phi) is 3.74. The highest BCUT2D eigenvalue weighted by atomic mass is 16.5. The molecule has 1 aromatic heterocycles. The number of aromatic nitrogens is 2. The van der Waals surface area contributed by atoms with E-state index < -0.39 is 0 Å². The molecule has 3 heteroatoms. The van der Waals surface area contributed by atoms with Gasteiger partial charge in [0.2, 0.25) is 0 Å². The Morgan fingerprint density at radius 3 is 2.88 bits per heavy atom. The number of hydrogen-bond donors (Lipinski definition) is 0. The molecular weight excluding hydrogens is 308 g/mol. The molecule has 132 valence electrons. The van der Waals surface area contributed by atoms with E-state index in [4.69, 9.17) is 4.74 Å². The normalized spacial score (nSPS) is 28.4. The molecule has 2 atom stereocenters. The van der Waals surface area contributed by atoms with Gasteiger partial charge in [-0.15, -0.1) is 0 Å². The van der Waals surface area contributed by atoms with Crippen LogP contribution in [0.3, 0.4) is 0 Å². The maximum absolute atomic E-state index is 5.51. The predicted molar refractivity (Wildman–Crippen MR) is 99.5 cm³/mol. The first-order valence-electron chi connectivity index (χ1n) is 9.95. The summed E-state index contributed by atoms with van der Waals surface area (Å²) in [6.45, 7) is 1.97. The summed E-state index contributed by atoms with van der Waals surface area (Å²) >= 11 is 0. The number of benzene rings is 1. The van der Waals surface area contributed by atoms with Gasteiger partial charge in [0.1, 0.15) is 0 Å². The van der Waals surface area contributed by atoms with Crippen LogP contribution >= 0.6 is 0 Å². The topological polar surface area (TPSA) is 27.1 Å². The van der Waals surface area contributed by atoms with E-state index in [-0.39, 0.29) is 0 Å². The molecule has 1 aromatic carbocycles. The first-order valence-corrected chi connectivity index (χ1v) is 9.95. The van der Waals surface area contributed by atoms with E-state index in [1.165, 1.54) is 56.1 Å². The van der Waals surface area contributed by atoms with E-state index in [0.717, 1.165) is 25.0 Å². The zero-order valence-corrected chi connectivity index (χ0v) is 15.2. The van der Waals surface area contributed by atoms with E-state index in [1.54, 1.807) is 11.1 Å². The van der Waals surface area contributed by atoms with E-state index in [1.807, 2.05) is 17.9 Å². The molecule has 0 bridgehead atoms. The van der Waals surface area contributed by atoms with Gasteiger partial charge in [-0.05, 0) is 78.9 Å². The van der Waals surface area contributed by atoms with Gasteiger partial charge in [0.15, 0.2) is 0 Å². The fourth-order valence-corrected chi connectivity index (χ4v) is 5.37. The predicted octanol–water partition coefficient (Wildman–Crippen LogP) is 4.50. The van der Waals surface area contributed by atoms with Crippen molar-refractivity contribution in [2.45, 2.75) is 50.4 Å². The van der Waals surface area contributed by atoms with Crippen LogP contribution in [0.25, 0.3) is 11.1 Å². The summed E-state index contributed by atoms with van der Waals surface area (Å²) in [6, 6.07) is 7.14. The summed E-state index contributed by atoms with van der Waals surface area (Å²) in [5, 5.41) is 4.34. The highest BCUT2D eigenvalue weighted by Crippen LogP contribution is 2.63. The Morgan fingerprint density at radius 2 is 2.08 bits per heavy atom. The van der Waals surface area contributed by atoms with Crippen molar-refractivity contribution in [1.82, 2.24) is 9.78 Å². The van der Waals surface area contributed by atoms with Crippen molar-refractivity contribution in [2.24, 2.45) is 18.9 Å². The maximum atomic E-state index is 5.51. The van der Waals surface area contributed by atoms with Gasteiger partial charge < -0.3 is 4.74 Å². The number of hydrogen-bond acceptors (Lipinski definition) is 2. The van der Waals surface area contributed by atoms with Crippen LogP contribution in [0, 0.1) is 11.8 Å². The Hall–Kier alpha value is -1.61. The minimum atomic E-state index is 0.513. The number of rotatable bonds is 4. The van der Waals surface area contributed by atoms with E-state index in [0.29, 0.717) is 5.41 Å². The Morgan fingerprint density at radius 1 is 1.20 bits per heavy atom. The molecule has 3 nitrogen and oxygen atoms in total. The molecule has 1 spiro atoms. The Labute approximate surface area is 150 Å². The molecule has 1 saturated heterocycles. The van der Waals surface area contributed by atoms with Gasteiger partial charge in [0.05, 0.1) is 6.20 Å². The first kappa shape index (κ1) is 15.6. The number of nitrogens with zero attached hydrogens (tertiary/aromatic N) is 2. The van der Waals surface area contributed by atoms with Crippen LogP contribution < -0.4 is 0 Å². The van der Waals surface area contributed by atoms with Gasteiger partial charge in [-0.1, -0.05) is 18.2 Å². The average Bonchev–Trinajstić information content (AvgIpc) is 2.97. The summed E-state index contributed by atoms with van der Waals surface area (Å²) in [5.41, 5.74) is 6.35. The zero-order chi connectivity index (χ0) is 16.9. The third kappa shape index (κ3) is 2.73. The molecule has 2 fully saturated rings. The van der Waals surface area contributed by atoms with E-state index in [2.05, 4.69) is 29.5 Å². The molecule has 2 heterocycles. The lowest BCUT2D eigenvalue weighted by atomic mass is 9.88. The monoisotopic (exact) mass is 336 g/mol. The summed E-state index contributed by atoms with van der Waals surface area (Å²) in [5.74, 6) is 1.83. The molecule has 2 aromatic rings. The number of ether oxygens (including phenoxy) is 1. The van der Waals surface area contributed by atoms with Crippen LogP contribution in [-0.2, 0) is 23.6 Å². The van der Waals surface area contributed by atoms with Gasteiger partial charge in [0, 0.05) is 32.0 Å². The lowest BCUT2D eigenvalue weighted by Gasteiger charge is -2.22. The summed E-state index contributed by atoms with van der Waals surface area (Å²) in [6.07, 6.45) is 13.6. The average molecular weight is 336 g/mol. The molecule has 0 amide bonds. The quantitative estimate of drug-likeness (QED) is 0.822. The minimum absolute atomic E-state index is 0.513. The van der Waals surface area contributed by atoms with Crippen molar-refractivity contribution in [1.29, 1.82) is 0 Å². The smallest absolute Gasteiger partial charge is 0.0568 e. The van der Waals surface area contributed by atoms with Crippen LogP contribution in [0.1, 0.15) is 49.7 Å². The van der Waals surface area contributed by atoms with Crippen molar-refractivity contribution >= 4 is 0 Å². The zero-order valence-electron chi connectivity index (χ0n) is 15.2. The second kappa shape index (κ2) is 5.98. The molecule has 0 radical (unpaired) electrons. The van der Waals surface area contributed by atoms with Gasteiger partial charge in [-0.25, -0.2) is 0 Å². The van der Waals surface area contributed by atoms with Crippen LogP contribution in [0.4, 0.5) is 0 Å². The van der Waals surface area contributed by atoms with Crippen LogP contribution in [-0.4, -0.2) is 23.0 Å². The molecule has 0 N–H and O–H groups in total. The van der Waals surface area contributed by atoms with Crippen LogP contribution in [0.15, 0.2) is 30.6 Å². The van der Waals surface area contributed by atoms with E-state index >= 15 is 0 Å². The second-order valence-corrected chi connectivity index (χ2v) is 8.46. The molecular formula is C22H28N2O. The second-order valence-electron chi connectivity index (χ2n) is 8.46. The summed E-state index contributed by atoms with van der Waals surface area (Å²) in [4.78, 5) is 0. The molecule has 3 aliphatic rings. The van der Waals surface area contributed by atoms with Crippen LogP contribution in [0.2, 0.25) is 0 Å². The highest BCUT2D eigenvalue weighted by molar-refractivity contribution is 5.65. The van der Waals surface area contributed by atoms with E-state index in [9.17, 15) is 0 Å². The van der Waals surface area contributed by atoms with Crippen LogP contribution in [0.5, 0.6) is 0 Å². The van der Waals surface area contributed by atoms with Gasteiger partial charge in [0.25, 0.3) is 0 Å². The largest absolute Gasteiger partial charge is 0.381 e. The summed E-state index contributed by atoms with van der Waals surface area (Å²) < 4.78 is 7.41. The van der Waals surface area contributed by atoms with Crippen molar-refractivity contribution in [3.63, 3.8) is 0 Å². The molecule has 25 heavy (non-hydrogen) atoms. The highest BCUT2D eigenvalue weighted by Gasteiger charge is 2.57. The molecule has 1 saturated carbocycles. The van der Waals surface area contributed by atoms with Crippen molar-refractivity contribution in [2.75, 3.05) is 13.2 Å². The van der Waals surface area contributed by atoms with Crippen molar-refractivity contribution in [3.8, 4) is 11.1 Å². The molecule has 2 aliphatic carbocycles. The third-order valence-electron chi connectivity index (χ3n) is 7.02. The van der Waals surface area contributed by atoms with Gasteiger partial charge >= 0.3 is 0 Å². The SMILES string of the molecule is Cn1cc(-c2ccc3c(c2)C2(CC3)CC2CCC2CCOCC2)cn1. The van der Waals surface area contributed by atoms with Crippen molar-refractivity contribution < 1.29 is 4.74 Å². The fourth-order valence-electron chi connectivity index (χ4n) is 5.37. The lowest BCUT2D eigenvalue weighted by molar-refractivity contribution is 0.0626. The lowest BCUT2D eigenvalue weighted by Crippen LogP contribution is -2.16. The molecule has 2 unspecified atom stereocenters. The minimum Gasteiger partial charge on any atom is -0.381 e. The Bertz CT molecular complexity index is 774. The first-order chi connectivity index (χ1) is 12.2. The summed E-state index contributed by atoms with van der Waals surface area (Å²) in [7, 11) is 1.99. The maximum Gasteiger partial charge on any atom is 0.0568 e. The fraction of sp³-hybridized carbons (Fsp3) is 0.591. The standard InChI is InChI=1S/C22H28N2O/c1-24-15-19(14-23-24)18-4-3-17-6-9-22(21(17)12-18)13-20(22)5-2-16-7-10-25-11-8-16/h3-4,12,14-16,20H,2,5-11,13H2,1H3. The van der Waals surface area contributed by atoms with Gasteiger partial charge in [-0.2, -0.15) is 5.10 Å². The molecule has 5 rings (SSSR count). The third-order valence-corrected chi connectivity index (χ3v) is 7.02. The number of fused-ring (bicyclic) bond motifs is 2. The molecule has 1 aliphatic heterocycles. The van der Waals surface area contributed by atoms with Crippen molar-refractivity contribution in [3.05, 3.63) is 41.7 Å². The van der Waals surface area contributed by atoms with Gasteiger partial charge in [-0.3, -0.25) is 4.68 Å². The Balaban J connectivity index is 1.33. The number of aryl methyl sites for hydroxylation is 2.